The standard InChI is InChI=1S/C18H28N2O2/c1-13(14-8-6-5-7-9-14)19-12-16(15-10-11-15)20-17(21)22-18(2,3)4/h5-9,13,15-16,19H,10-12H2,1-4H3,(H,20,21). The maximum absolute atomic E-state index is 12.0. The summed E-state index contributed by atoms with van der Waals surface area (Å²) in [5, 5.41) is 6.54. The number of carbonyl (C=O) groups is 1. The Morgan fingerprint density at radius 2 is 1.91 bits per heavy atom. The quantitative estimate of drug-likeness (QED) is 0.843. The predicted octanol–water partition coefficient (Wildman–Crippen LogP) is 3.64. The van der Waals surface area contributed by atoms with E-state index in [9.17, 15) is 4.79 Å². The zero-order valence-corrected chi connectivity index (χ0v) is 14.1. The number of hydrogen-bond acceptors (Lipinski definition) is 3. The van der Waals surface area contributed by atoms with E-state index in [0.717, 1.165) is 6.54 Å². The molecule has 1 aliphatic rings. The van der Waals surface area contributed by atoms with E-state index in [1.165, 1.54) is 18.4 Å². The van der Waals surface area contributed by atoms with Crippen LogP contribution < -0.4 is 10.6 Å². The lowest BCUT2D eigenvalue weighted by Gasteiger charge is -2.25. The summed E-state index contributed by atoms with van der Waals surface area (Å²) >= 11 is 0. The van der Waals surface area contributed by atoms with Gasteiger partial charge in [0.15, 0.2) is 0 Å². The highest BCUT2D eigenvalue weighted by Crippen LogP contribution is 2.32. The Labute approximate surface area is 133 Å². The van der Waals surface area contributed by atoms with Crippen molar-refractivity contribution in [2.75, 3.05) is 6.54 Å². The monoisotopic (exact) mass is 304 g/mol. The second-order valence-corrected chi connectivity index (χ2v) is 7.13. The van der Waals surface area contributed by atoms with E-state index in [2.05, 4.69) is 29.7 Å². The number of nitrogens with one attached hydrogen (secondary N) is 2. The molecule has 2 atom stereocenters. The van der Waals surface area contributed by atoms with Gasteiger partial charge in [0, 0.05) is 18.6 Å². The van der Waals surface area contributed by atoms with Gasteiger partial charge < -0.3 is 15.4 Å². The molecule has 1 amide bonds. The Hall–Kier alpha value is -1.55. The van der Waals surface area contributed by atoms with E-state index >= 15 is 0 Å². The molecule has 2 unspecified atom stereocenters. The van der Waals surface area contributed by atoms with Crippen LogP contribution >= 0.6 is 0 Å². The van der Waals surface area contributed by atoms with Crippen molar-refractivity contribution < 1.29 is 9.53 Å². The normalized spacial score (nSPS) is 17.6. The van der Waals surface area contributed by atoms with E-state index < -0.39 is 5.60 Å². The van der Waals surface area contributed by atoms with Crippen molar-refractivity contribution in [2.24, 2.45) is 5.92 Å². The number of benzene rings is 1. The fourth-order valence-electron chi connectivity index (χ4n) is 2.46. The smallest absolute Gasteiger partial charge is 0.407 e. The zero-order valence-electron chi connectivity index (χ0n) is 14.1. The van der Waals surface area contributed by atoms with Crippen LogP contribution in [0.25, 0.3) is 0 Å². The van der Waals surface area contributed by atoms with Gasteiger partial charge in [-0.1, -0.05) is 30.3 Å². The first kappa shape index (κ1) is 16.8. The van der Waals surface area contributed by atoms with Gasteiger partial charge in [0.05, 0.1) is 0 Å². The maximum atomic E-state index is 12.0. The lowest BCUT2D eigenvalue weighted by molar-refractivity contribution is 0.0497. The molecule has 0 saturated heterocycles. The molecule has 0 bridgehead atoms. The number of carbonyl (C=O) groups excluding carboxylic acids is 1. The highest BCUT2D eigenvalue weighted by molar-refractivity contribution is 5.68. The van der Waals surface area contributed by atoms with Crippen LogP contribution in [0.3, 0.4) is 0 Å². The summed E-state index contributed by atoms with van der Waals surface area (Å²) in [5.74, 6) is 0.572. The van der Waals surface area contributed by atoms with Crippen molar-refractivity contribution in [1.82, 2.24) is 10.6 Å². The van der Waals surface area contributed by atoms with Gasteiger partial charge in [-0.25, -0.2) is 4.79 Å². The molecule has 1 aromatic carbocycles. The van der Waals surface area contributed by atoms with Gasteiger partial charge in [-0.2, -0.15) is 0 Å². The minimum absolute atomic E-state index is 0.140. The summed E-state index contributed by atoms with van der Waals surface area (Å²) in [6.45, 7) is 8.56. The van der Waals surface area contributed by atoms with Crippen molar-refractivity contribution in [2.45, 2.75) is 58.2 Å². The van der Waals surface area contributed by atoms with Crippen LogP contribution in [0.5, 0.6) is 0 Å². The van der Waals surface area contributed by atoms with Crippen LogP contribution in [0.2, 0.25) is 0 Å². The first-order valence-electron chi connectivity index (χ1n) is 8.13. The van der Waals surface area contributed by atoms with E-state index in [0.29, 0.717) is 5.92 Å². The third-order valence-corrected chi connectivity index (χ3v) is 3.84. The third kappa shape index (κ3) is 5.68. The Bertz CT molecular complexity index is 478. The van der Waals surface area contributed by atoms with E-state index in [1.54, 1.807) is 0 Å². The Kier molecular flexibility index (Phi) is 5.46. The highest BCUT2D eigenvalue weighted by Gasteiger charge is 2.33. The first-order valence-corrected chi connectivity index (χ1v) is 8.13. The number of alkyl carbamates (subject to hydrolysis) is 1. The second-order valence-electron chi connectivity index (χ2n) is 7.13. The molecule has 1 aliphatic carbocycles. The van der Waals surface area contributed by atoms with Crippen molar-refractivity contribution in [3.05, 3.63) is 35.9 Å². The molecule has 1 saturated carbocycles. The van der Waals surface area contributed by atoms with Crippen LogP contribution in [0.15, 0.2) is 30.3 Å². The second kappa shape index (κ2) is 7.14. The molecule has 4 heteroatoms. The molecular formula is C18H28N2O2. The van der Waals surface area contributed by atoms with Gasteiger partial charge >= 0.3 is 6.09 Å². The molecule has 0 heterocycles. The number of rotatable bonds is 6. The molecule has 22 heavy (non-hydrogen) atoms. The van der Waals surface area contributed by atoms with Gasteiger partial charge in [-0.05, 0) is 52.0 Å². The molecule has 2 rings (SSSR count). The topological polar surface area (TPSA) is 50.4 Å². The molecule has 4 nitrogen and oxygen atoms in total. The molecule has 1 fully saturated rings. The molecule has 0 radical (unpaired) electrons. The Morgan fingerprint density at radius 3 is 2.45 bits per heavy atom. The first-order chi connectivity index (χ1) is 10.3. The minimum Gasteiger partial charge on any atom is -0.444 e. The summed E-state index contributed by atoms with van der Waals surface area (Å²) in [6.07, 6.45) is 2.04. The van der Waals surface area contributed by atoms with Crippen molar-refractivity contribution in [3.63, 3.8) is 0 Å². The molecular weight excluding hydrogens is 276 g/mol. The molecule has 0 aliphatic heterocycles. The average Bonchev–Trinajstić information content (AvgIpc) is 3.26. The summed E-state index contributed by atoms with van der Waals surface area (Å²) in [6, 6.07) is 10.8. The van der Waals surface area contributed by atoms with Gasteiger partial charge in [0.1, 0.15) is 5.60 Å². The van der Waals surface area contributed by atoms with Crippen molar-refractivity contribution >= 4 is 6.09 Å². The van der Waals surface area contributed by atoms with Crippen molar-refractivity contribution in [1.29, 1.82) is 0 Å². The fraction of sp³-hybridized carbons (Fsp3) is 0.611. The number of hydrogen-bond donors (Lipinski definition) is 2. The molecule has 0 spiro atoms. The van der Waals surface area contributed by atoms with Gasteiger partial charge in [-0.3, -0.25) is 0 Å². The number of ether oxygens (including phenoxy) is 1. The summed E-state index contributed by atoms with van der Waals surface area (Å²) in [5.41, 5.74) is 0.803. The third-order valence-electron chi connectivity index (χ3n) is 3.84. The van der Waals surface area contributed by atoms with Crippen LogP contribution in [-0.4, -0.2) is 24.3 Å². The van der Waals surface area contributed by atoms with Crippen LogP contribution in [0.1, 0.15) is 52.1 Å². The summed E-state index contributed by atoms with van der Waals surface area (Å²) in [4.78, 5) is 12.0. The zero-order chi connectivity index (χ0) is 16.2. The van der Waals surface area contributed by atoms with E-state index in [1.807, 2.05) is 39.0 Å². The van der Waals surface area contributed by atoms with E-state index in [-0.39, 0.29) is 18.2 Å². The Morgan fingerprint density at radius 1 is 1.27 bits per heavy atom. The van der Waals surface area contributed by atoms with Gasteiger partial charge in [-0.15, -0.1) is 0 Å². The molecule has 122 valence electrons. The minimum atomic E-state index is -0.455. The fourth-order valence-corrected chi connectivity index (χ4v) is 2.46. The molecule has 0 aromatic heterocycles. The number of amides is 1. The summed E-state index contributed by atoms with van der Waals surface area (Å²) in [7, 11) is 0. The van der Waals surface area contributed by atoms with Crippen LogP contribution in [0, 0.1) is 5.92 Å². The molecule has 2 N–H and O–H groups in total. The van der Waals surface area contributed by atoms with Gasteiger partial charge in [0.25, 0.3) is 0 Å². The van der Waals surface area contributed by atoms with Gasteiger partial charge in [0.2, 0.25) is 0 Å². The predicted molar refractivity (Wildman–Crippen MR) is 88.7 cm³/mol. The van der Waals surface area contributed by atoms with Crippen LogP contribution in [-0.2, 0) is 4.74 Å². The highest BCUT2D eigenvalue weighted by atomic mass is 16.6. The lowest BCUT2D eigenvalue weighted by Crippen LogP contribution is -2.46. The van der Waals surface area contributed by atoms with E-state index in [4.69, 9.17) is 4.74 Å². The average molecular weight is 304 g/mol. The lowest BCUT2D eigenvalue weighted by atomic mass is 10.1. The Balaban J connectivity index is 1.83. The summed E-state index contributed by atoms with van der Waals surface area (Å²) < 4.78 is 5.36. The maximum Gasteiger partial charge on any atom is 0.407 e. The molecule has 1 aromatic rings. The van der Waals surface area contributed by atoms with Crippen molar-refractivity contribution in [3.8, 4) is 0 Å². The largest absolute Gasteiger partial charge is 0.444 e. The SMILES string of the molecule is CC(NCC(NC(=O)OC(C)(C)C)C1CC1)c1ccccc1. The van der Waals surface area contributed by atoms with Crippen LogP contribution in [0.4, 0.5) is 4.79 Å².